The van der Waals surface area contributed by atoms with Gasteiger partial charge in [-0.1, -0.05) is 30.3 Å². The van der Waals surface area contributed by atoms with Crippen LogP contribution in [0.3, 0.4) is 0 Å². The van der Waals surface area contributed by atoms with Crippen molar-refractivity contribution in [2.45, 2.75) is 18.9 Å². The SMILES string of the molecule is COc1ccc(C(=O)NC(C(=O)NCCC2CCNC2)c2ccccc2)cc1.Cl. The van der Waals surface area contributed by atoms with E-state index in [0.29, 0.717) is 23.8 Å². The zero-order chi connectivity index (χ0) is 19.8. The Balaban J connectivity index is 0.00000300. The van der Waals surface area contributed by atoms with E-state index in [2.05, 4.69) is 16.0 Å². The standard InChI is InChI=1S/C22H27N3O3.ClH/c1-28-19-9-7-18(8-10-19)21(26)25-20(17-5-3-2-4-6-17)22(27)24-14-12-16-11-13-23-15-16;/h2-10,16,20,23H,11-15H2,1H3,(H,24,27)(H,25,26);1H. The molecule has 0 radical (unpaired) electrons. The molecule has 7 heteroatoms. The van der Waals surface area contributed by atoms with Crippen LogP contribution in [0.5, 0.6) is 5.75 Å². The highest BCUT2D eigenvalue weighted by Gasteiger charge is 2.23. The average Bonchev–Trinajstić information content (AvgIpc) is 3.26. The van der Waals surface area contributed by atoms with E-state index >= 15 is 0 Å². The van der Waals surface area contributed by atoms with Gasteiger partial charge in [0.2, 0.25) is 5.91 Å². The highest BCUT2D eigenvalue weighted by atomic mass is 35.5. The number of carbonyl (C=O) groups is 2. The van der Waals surface area contributed by atoms with Crippen molar-refractivity contribution in [3.05, 3.63) is 65.7 Å². The number of amides is 2. The molecule has 0 saturated carbocycles. The van der Waals surface area contributed by atoms with Gasteiger partial charge in [-0.2, -0.15) is 0 Å². The molecule has 2 atom stereocenters. The van der Waals surface area contributed by atoms with Gasteiger partial charge in [-0.3, -0.25) is 9.59 Å². The number of halogens is 1. The number of ether oxygens (including phenoxy) is 1. The molecule has 2 aromatic carbocycles. The number of methoxy groups -OCH3 is 1. The second-order valence-electron chi connectivity index (χ2n) is 6.98. The lowest BCUT2D eigenvalue weighted by Gasteiger charge is -2.19. The number of nitrogens with one attached hydrogen (secondary N) is 3. The molecule has 1 heterocycles. The highest BCUT2D eigenvalue weighted by Crippen LogP contribution is 2.16. The summed E-state index contributed by atoms with van der Waals surface area (Å²) in [5.74, 6) is 0.783. The van der Waals surface area contributed by atoms with Gasteiger partial charge in [0.05, 0.1) is 7.11 Å². The molecule has 1 fully saturated rings. The Bertz CT molecular complexity index is 778. The average molecular weight is 418 g/mol. The van der Waals surface area contributed by atoms with Crippen LogP contribution in [0.15, 0.2) is 54.6 Å². The summed E-state index contributed by atoms with van der Waals surface area (Å²) in [6.45, 7) is 2.66. The highest BCUT2D eigenvalue weighted by molar-refractivity contribution is 5.98. The Labute approximate surface area is 177 Å². The van der Waals surface area contributed by atoms with E-state index in [0.717, 1.165) is 31.5 Å². The molecule has 3 rings (SSSR count). The predicted octanol–water partition coefficient (Wildman–Crippen LogP) is 2.70. The van der Waals surface area contributed by atoms with Gasteiger partial charge >= 0.3 is 0 Å². The zero-order valence-corrected chi connectivity index (χ0v) is 17.3. The summed E-state index contributed by atoms with van der Waals surface area (Å²) in [4.78, 5) is 25.5. The van der Waals surface area contributed by atoms with E-state index in [9.17, 15) is 9.59 Å². The van der Waals surface area contributed by atoms with Crippen LogP contribution in [0.4, 0.5) is 0 Å². The van der Waals surface area contributed by atoms with Crippen LogP contribution < -0.4 is 20.7 Å². The second-order valence-corrected chi connectivity index (χ2v) is 6.98. The van der Waals surface area contributed by atoms with Crippen molar-refractivity contribution >= 4 is 24.2 Å². The first kappa shape index (κ1) is 22.7. The molecule has 2 amide bonds. The number of rotatable bonds is 8. The van der Waals surface area contributed by atoms with Crippen molar-refractivity contribution < 1.29 is 14.3 Å². The van der Waals surface area contributed by atoms with Crippen LogP contribution >= 0.6 is 12.4 Å². The first-order chi connectivity index (χ1) is 13.7. The Morgan fingerprint density at radius 1 is 1.14 bits per heavy atom. The van der Waals surface area contributed by atoms with Crippen LogP contribution in [0.25, 0.3) is 0 Å². The van der Waals surface area contributed by atoms with Gasteiger partial charge in [0.15, 0.2) is 0 Å². The third-order valence-corrected chi connectivity index (χ3v) is 5.04. The van der Waals surface area contributed by atoms with Crippen LogP contribution in [0.2, 0.25) is 0 Å². The minimum Gasteiger partial charge on any atom is -0.497 e. The number of hydrogen-bond acceptors (Lipinski definition) is 4. The van der Waals surface area contributed by atoms with Gasteiger partial charge in [-0.05, 0) is 61.7 Å². The molecule has 1 saturated heterocycles. The van der Waals surface area contributed by atoms with E-state index in [1.807, 2.05) is 30.3 Å². The molecule has 156 valence electrons. The summed E-state index contributed by atoms with van der Waals surface area (Å²) < 4.78 is 5.12. The smallest absolute Gasteiger partial charge is 0.252 e. The molecule has 2 aromatic rings. The molecule has 0 aromatic heterocycles. The van der Waals surface area contributed by atoms with Crippen molar-refractivity contribution in [1.29, 1.82) is 0 Å². The number of carbonyl (C=O) groups excluding carboxylic acids is 2. The van der Waals surface area contributed by atoms with E-state index in [1.54, 1.807) is 31.4 Å². The van der Waals surface area contributed by atoms with Gasteiger partial charge < -0.3 is 20.7 Å². The lowest BCUT2D eigenvalue weighted by atomic mass is 10.0. The Kier molecular flexibility index (Phi) is 8.96. The van der Waals surface area contributed by atoms with E-state index in [-0.39, 0.29) is 24.2 Å². The topological polar surface area (TPSA) is 79.5 Å². The monoisotopic (exact) mass is 417 g/mol. The normalized spacial score (nSPS) is 16.4. The van der Waals surface area contributed by atoms with Gasteiger partial charge in [0.25, 0.3) is 5.91 Å². The zero-order valence-electron chi connectivity index (χ0n) is 16.5. The minimum atomic E-state index is -0.738. The van der Waals surface area contributed by atoms with E-state index < -0.39 is 6.04 Å². The molecule has 6 nitrogen and oxygen atoms in total. The fourth-order valence-corrected chi connectivity index (χ4v) is 3.36. The van der Waals surface area contributed by atoms with E-state index in [4.69, 9.17) is 4.74 Å². The van der Waals surface area contributed by atoms with Crippen molar-refractivity contribution in [3.8, 4) is 5.75 Å². The van der Waals surface area contributed by atoms with Crippen LogP contribution in [0, 0.1) is 5.92 Å². The van der Waals surface area contributed by atoms with Crippen LogP contribution in [0.1, 0.15) is 34.8 Å². The lowest BCUT2D eigenvalue weighted by molar-refractivity contribution is -0.123. The molecule has 29 heavy (non-hydrogen) atoms. The summed E-state index contributed by atoms with van der Waals surface area (Å²) in [5, 5.41) is 9.18. The largest absolute Gasteiger partial charge is 0.497 e. The fourth-order valence-electron chi connectivity index (χ4n) is 3.36. The fraction of sp³-hybridized carbons (Fsp3) is 0.364. The van der Waals surface area contributed by atoms with E-state index in [1.165, 1.54) is 0 Å². The van der Waals surface area contributed by atoms with Crippen LogP contribution in [-0.4, -0.2) is 38.6 Å². The maximum atomic E-state index is 12.8. The van der Waals surface area contributed by atoms with Crippen molar-refractivity contribution in [3.63, 3.8) is 0 Å². The summed E-state index contributed by atoms with van der Waals surface area (Å²) in [6.07, 6.45) is 2.08. The lowest BCUT2D eigenvalue weighted by Crippen LogP contribution is -2.41. The Morgan fingerprint density at radius 2 is 1.86 bits per heavy atom. The Hall–Kier alpha value is -2.57. The van der Waals surface area contributed by atoms with Crippen molar-refractivity contribution in [2.24, 2.45) is 5.92 Å². The number of hydrogen-bond donors (Lipinski definition) is 3. The Morgan fingerprint density at radius 3 is 2.48 bits per heavy atom. The van der Waals surface area contributed by atoms with Crippen molar-refractivity contribution in [1.82, 2.24) is 16.0 Å². The molecule has 1 aliphatic heterocycles. The summed E-state index contributed by atoms with van der Waals surface area (Å²) in [7, 11) is 1.58. The molecule has 3 N–H and O–H groups in total. The second kappa shape index (κ2) is 11.4. The third kappa shape index (κ3) is 6.48. The quantitative estimate of drug-likeness (QED) is 0.617. The molecular weight excluding hydrogens is 390 g/mol. The van der Waals surface area contributed by atoms with Crippen LogP contribution in [-0.2, 0) is 4.79 Å². The van der Waals surface area contributed by atoms with Gasteiger partial charge in [-0.15, -0.1) is 12.4 Å². The summed E-state index contributed by atoms with van der Waals surface area (Å²) >= 11 is 0. The molecule has 2 unspecified atom stereocenters. The van der Waals surface area contributed by atoms with Crippen molar-refractivity contribution in [2.75, 3.05) is 26.7 Å². The molecule has 0 aliphatic carbocycles. The van der Waals surface area contributed by atoms with Gasteiger partial charge in [0.1, 0.15) is 11.8 Å². The molecule has 1 aliphatic rings. The first-order valence-electron chi connectivity index (χ1n) is 9.65. The maximum Gasteiger partial charge on any atom is 0.252 e. The summed E-state index contributed by atoms with van der Waals surface area (Å²) in [6, 6.07) is 15.4. The van der Waals surface area contributed by atoms with Gasteiger partial charge in [0, 0.05) is 12.1 Å². The molecule has 0 spiro atoms. The molecular formula is C22H28ClN3O3. The minimum absolute atomic E-state index is 0. The number of benzene rings is 2. The first-order valence-corrected chi connectivity index (χ1v) is 9.65. The summed E-state index contributed by atoms with van der Waals surface area (Å²) in [5.41, 5.74) is 1.23. The van der Waals surface area contributed by atoms with Gasteiger partial charge in [-0.25, -0.2) is 0 Å². The predicted molar refractivity (Wildman–Crippen MR) is 115 cm³/mol. The third-order valence-electron chi connectivity index (χ3n) is 5.04. The maximum absolute atomic E-state index is 12.8. The molecule has 0 bridgehead atoms.